The third-order valence-corrected chi connectivity index (χ3v) is 4.63. The fraction of sp³-hybridized carbons (Fsp3) is 0.400. The number of nitro groups is 1. The van der Waals surface area contributed by atoms with Gasteiger partial charge in [-0.3, -0.25) is 15.0 Å². The minimum absolute atomic E-state index is 0. The first kappa shape index (κ1) is 21.9. The van der Waals surface area contributed by atoms with Crippen LogP contribution in [0, 0.1) is 10.1 Å². The summed E-state index contributed by atoms with van der Waals surface area (Å²) in [5, 5.41) is 14.2. The van der Waals surface area contributed by atoms with Gasteiger partial charge in [0, 0.05) is 44.4 Å². The van der Waals surface area contributed by atoms with Gasteiger partial charge in [0.05, 0.1) is 12.0 Å². The highest BCUT2D eigenvalue weighted by atomic mass is 35.5. The van der Waals surface area contributed by atoms with E-state index < -0.39 is 4.92 Å². The van der Waals surface area contributed by atoms with Crippen molar-refractivity contribution in [2.45, 2.75) is 26.1 Å². The molecule has 0 amide bonds. The van der Waals surface area contributed by atoms with Crippen LogP contribution in [0.15, 0.2) is 42.5 Å². The molecule has 0 unspecified atom stereocenters. The molecule has 8 heteroatoms. The lowest BCUT2D eigenvalue weighted by Crippen LogP contribution is -2.48. The number of nitrogens with zero attached hydrogens (tertiary/aromatic N) is 2. The monoisotopic (exact) mass is 407 g/mol. The van der Waals surface area contributed by atoms with Crippen LogP contribution in [0.4, 0.5) is 5.69 Å². The standard InChI is InChI=1S/C20H25N3O4.ClH/c1-15-12-22(10-9-21-15)13-17-5-8-19(20(11-17)26-2)27-14-16-3-6-18(7-4-16)23(24)25;/h3-8,11,15,21H,9-10,12-14H2,1-2H3;1H/t15-;/m1./s1. The Morgan fingerprint density at radius 1 is 1.18 bits per heavy atom. The van der Waals surface area contributed by atoms with E-state index in [-0.39, 0.29) is 18.1 Å². The third-order valence-electron chi connectivity index (χ3n) is 4.63. The molecule has 7 nitrogen and oxygen atoms in total. The Labute approximate surface area is 171 Å². The van der Waals surface area contributed by atoms with Gasteiger partial charge in [-0.25, -0.2) is 0 Å². The topological polar surface area (TPSA) is 76.9 Å². The average molecular weight is 408 g/mol. The van der Waals surface area contributed by atoms with Crippen LogP contribution in [0.5, 0.6) is 11.5 Å². The molecule has 1 fully saturated rings. The Morgan fingerprint density at radius 2 is 1.89 bits per heavy atom. The zero-order valence-electron chi connectivity index (χ0n) is 16.1. The number of hydrogen-bond donors (Lipinski definition) is 1. The van der Waals surface area contributed by atoms with Crippen LogP contribution in [-0.4, -0.2) is 42.6 Å². The Morgan fingerprint density at radius 3 is 2.54 bits per heavy atom. The van der Waals surface area contributed by atoms with Gasteiger partial charge in [-0.15, -0.1) is 12.4 Å². The molecule has 0 aromatic heterocycles. The zero-order valence-corrected chi connectivity index (χ0v) is 16.9. The Bertz CT molecular complexity index is 786. The first-order valence-electron chi connectivity index (χ1n) is 9.04. The van der Waals surface area contributed by atoms with E-state index >= 15 is 0 Å². The molecular weight excluding hydrogens is 382 g/mol. The number of hydrogen-bond acceptors (Lipinski definition) is 6. The Balaban J connectivity index is 0.00000280. The van der Waals surface area contributed by atoms with Crippen LogP contribution in [-0.2, 0) is 13.2 Å². The van der Waals surface area contributed by atoms with Crippen LogP contribution in [0.25, 0.3) is 0 Å². The lowest BCUT2D eigenvalue weighted by atomic mass is 10.1. The lowest BCUT2D eigenvalue weighted by Gasteiger charge is -2.31. The molecule has 2 aromatic carbocycles. The van der Waals surface area contributed by atoms with Crippen molar-refractivity contribution in [1.82, 2.24) is 10.2 Å². The second-order valence-electron chi connectivity index (χ2n) is 6.79. The zero-order chi connectivity index (χ0) is 19.2. The van der Waals surface area contributed by atoms with Gasteiger partial charge in [-0.05, 0) is 42.3 Å². The van der Waals surface area contributed by atoms with Crippen molar-refractivity contribution in [2.24, 2.45) is 0 Å². The maximum atomic E-state index is 10.7. The quantitative estimate of drug-likeness (QED) is 0.560. The van der Waals surface area contributed by atoms with E-state index in [4.69, 9.17) is 9.47 Å². The third kappa shape index (κ3) is 5.82. The minimum atomic E-state index is -0.411. The number of rotatable bonds is 7. The van der Waals surface area contributed by atoms with Crippen LogP contribution in [0.1, 0.15) is 18.1 Å². The number of benzene rings is 2. The highest BCUT2D eigenvalue weighted by Crippen LogP contribution is 2.29. The molecule has 1 saturated heterocycles. The molecule has 2 aromatic rings. The van der Waals surface area contributed by atoms with Crippen molar-refractivity contribution in [3.63, 3.8) is 0 Å². The fourth-order valence-corrected chi connectivity index (χ4v) is 3.22. The summed E-state index contributed by atoms with van der Waals surface area (Å²) in [6.07, 6.45) is 0. The van der Waals surface area contributed by atoms with E-state index in [9.17, 15) is 10.1 Å². The first-order valence-corrected chi connectivity index (χ1v) is 9.04. The van der Waals surface area contributed by atoms with Gasteiger partial charge in [-0.2, -0.15) is 0 Å². The molecule has 0 spiro atoms. The van der Waals surface area contributed by atoms with Crippen molar-refractivity contribution in [1.29, 1.82) is 0 Å². The molecule has 3 rings (SSSR count). The molecule has 0 saturated carbocycles. The van der Waals surface area contributed by atoms with Crippen molar-refractivity contribution in [3.05, 3.63) is 63.7 Å². The van der Waals surface area contributed by atoms with Crippen LogP contribution >= 0.6 is 12.4 Å². The van der Waals surface area contributed by atoms with E-state index in [1.165, 1.54) is 17.7 Å². The molecule has 0 aliphatic carbocycles. The maximum absolute atomic E-state index is 10.7. The van der Waals surface area contributed by atoms with Crippen molar-refractivity contribution < 1.29 is 14.4 Å². The summed E-state index contributed by atoms with van der Waals surface area (Å²) in [6, 6.07) is 12.9. The summed E-state index contributed by atoms with van der Waals surface area (Å²) in [5.41, 5.74) is 2.12. The molecular formula is C20H26ClN3O4. The molecule has 152 valence electrons. The number of ether oxygens (including phenoxy) is 2. The first-order chi connectivity index (χ1) is 13.0. The predicted octanol–water partition coefficient (Wildman–Crippen LogP) is 3.40. The summed E-state index contributed by atoms with van der Waals surface area (Å²) in [6.45, 7) is 6.47. The molecule has 1 atom stereocenters. The van der Waals surface area contributed by atoms with Gasteiger partial charge in [-0.1, -0.05) is 6.07 Å². The number of non-ortho nitro benzene ring substituents is 1. The molecule has 28 heavy (non-hydrogen) atoms. The number of nitro benzene ring substituents is 1. The SMILES string of the molecule is COc1cc(CN2CCN[C@H](C)C2)ccc1OCc1ccc([N+](=O)[O-])cc1.Cl. The second-order valence-corrected chi connectivity index (χ2v) is 6.79. The number of halogens is 1. The number of piperazine rings is 1. The number of methoxy groups -OCH3 is 1. The Kier molecular flexibility index (Phi) is 8.04. The van der Waals surface area contributed by atoms with Gasteiger partial charge in [0.25, 0.3) is 5.69 Å². The highest BCUT2D eigenvalue weighted by Gasteiger charge is 2.16. The largest absolute Gasteiger partial charge is 0.493 e. The summed E-state index contributed by atoms with van der Waals surface area (Å²) in [5.74, 6) is 1.35. The predicted molar refractivity (Wildman–Crippen MR) is 110 cm³/mol. The second kappa shape index (κ2) is 10.3. The van der Waals surface area contributed by atoms with Crippen molar-refractivity contribution in [3.8, 4) is 11.5 Å². The van der Waals surface area contributed by atoms with Crippen LogP contribution in [0.3, 0.4) is 0 Å². The molecule has 1 aliphatic heterocycles. The molecule has 0 bridgehead atoms. The Hall–Kier alpha value is -2.35. The van der Waals surface area contributed by atoms with Gasteiger partial charge in [0.15, 0.2) is 11.5 Å². The van der Waals surface area contributed by atoms with Gasteiger partial charge in [0.1, 0.15) is 6.61 Å². The fourth-order valence-electron chi connectivity index (χ4n) is 3.22. The van der Waals surface area contributed by atoms with E-state index in [1.807, 2.05) is 12.1 Å². The van der Waals surface area contributed by atoms with E-state index in [0.717, 1.165) is 31.7 Å². The smallest absolute Gasteiger partial charge is 0.269 e. The molecule has 0 radical (unpaired) electrons. The summed E-state index contributed by atoms with van der Waals surface area (Å²) in [7, 11) is 1.63. The molecule has 1 N–H and O–H groups in total. The number of nitrogens with one attached hydrogen (secondary N) is 1. The molecule has 1 aliphatic rings. The maximum Gasteiger partial charge on any atom is 0.269 e. The lowest BCUT2D eigenvalue weighted by molar-refractivity contribution is -0.384. The molecule has 1 heterocycles. The average Bonchev–Trinajstić information content (AvgIpc) is 2.67. The van der Waals surface area contributed by atoms with Gasteiger partial charge < -0.3 is 14.8 Å². The minimum Gasteiger partial charge on any atom is -0.493 e. The summed E-state index contributed by atoms with van der Waals surface area (Å²) in [4.78, 5) is 12.7. The van der Waals surface area contributed by atoms with E-state index in [0.29, 0.717) is 24.1 Å². The normalized spacial score (nSPS) is 16.9. The highest BCUT2D eigenvalue weighted by molar-refractivity contribution is 5.85. The van der Waals surface area contributed by atoms with Gasteiger partial charge >= 0.3 is 0 Å². The van der Waals surface area contributed by atoms with Gasteiger partial charge in [0.2, 0.25) is 0 Å². The van der Waals surface area contributed by atoms with Crippen LogP contribution in [0.2, 0.25) is 0 Å². The summed E-state index contributed by atoms with van der Waals surface area (Å²) >= 11 is 0. The summed E-state index contributed by atoms with van der Waals surface area (Å²) < 4.78 is 11.3. The van der Waals surface area contributed by atoms with E-state index in [2.05, 4.69) is 23.2 Å². The van der Waals surface area contributed by atoms with Crippen molar-refractivity contribution in [2.75, 3.05) is 26.7 Å². The van der Waals surface area contributed by atoms with Crippen molar-refractivity contribution >= 4 is 18.1 Å². The van der Waals surface area contributed by atoms with Crippen LogP contribution < -0.4 is 14.8 Å². The van der Waals surface area contributed by atoms with E-state index in [1.54, 1.807) is 19.2 Å².